The van der Waals surface area contributed by atoms with E-state index in [1.807, 2.05) is 13.8 Å². The Kier molecular flexibility index (Phi) is 5.58. The Balaban J connectivity index is 3.36. The van der Waals surface area contributed by atoms with Crippen LogP contribution in [0.25, 0.3) is 0 Å². The molecule has 0 aliphatic rings. The Morgan fingerprint density at radius 2 is 2.15 bits per heavy atom. The van der Waals surface area contributed by atoms with E-state index in [-0.39, 0.29) is 6.10 Å². The zero-order chi connectivity index (χ0) is 15.3. The van der Waals surface area contributed by atoms with Gasteiger partial charge in [-0.3, -0.25) is 4.79 Å². The summed E-state index contributed by atoms with van der Waals surface area (Å²) in [7, 11) is 1.51. The number of methoxy groups -OCH3 is 1. The minimum Gasteiger partial charge on any atom is -0.493 e. The Morgan fingerprint density at radius 3 is 2.60 bits per heavy atom. The zero-order valence-corrected chi connectivity index (χ0v) is 12.1. The van der Waals surface area contributed by atoms with Gasteiger partial charge >= 0.3 is 5.97 Å². The first kappa shape index (κ1) is 16.0. The molecule has 5 nitrogen and oxygen atoms in total. The number of hydrogen-bond acceptors (Lipinski definition) is 4. The van der Waals surface area contributed by atoms with Gasteiger partial charge in [0.2, 0.25) is 0 Å². The first-order valence-corrected chi connectivity index (χ1v) is 6.37. The van der Waals surface area contributed by atoms with Crippen LogP contribution in [-0.2, 0) is 11.2 Å². The molecule has 1 atom stereocenters. The van der Waals surface area contributed by atoms with Crippen molar-refractivity contribution in [3.8, 4) is 11.5 Å². The highest BCUT2D eigenvalue weighted by molar-refractivity contribution is 5.76. The van der Waals surface area contributed by atoms with Crippen molar-refractivity contribution >= 4 is 5.97 Å². The Hall–Kier alpha value is -2.01. The molecule has 0 fully saturated rings. The molecule has 0 saturated heterocycles. The van der Waals surface area contributed by atoms with Gasteiger partial charge in [0.25, 0.3) is 0 Å². The van der Waals surface area contributed by atoms with Crippen LogP contribution >= 0.6 is 0 Å². The molecule has 0 spiro atoms. The number of carboxylic acids is 1. The molecule has 110 valence electrons. The molecule has 3 N–H and O–H groups in total. The highest BCUT2D eigenvalue weighted by Crippen LogP contribution is 2.35. The van der Waals surface area contributed by atoms with Crippen LogP contribution in [0.2, 0.25) is 0 Å². The molecule has 0 aliphatic heterocycles. The SMILES string of the molecule is C=CCc1cc([C@H](N)C(=O)O)cc(OC)c1OC(C)C. The molecule has 0 aliphatic carbocycles. The van der Waals surface area contributed by atoms with Crippen LogP contribution in [0, 0.1) is 0 Å². The summed E-state index contributed by atoms with van der Waals surface area (Å²) in [6.45, 7) is 7.52. The van der Waals surface area contributed by atoms with E-state index in [0.717, 1.165) is 5.56 Å². The Bertz CT molecular complexity index is 497. The highest BCUT2D eigenvalue weighted by Gasteiger charge is 2.20. The molecule has 1 rings (SSSR count). The van der Waals surface area contributed by atoms with Crippen LogP contribution in [0.15, 0.2) is 24.8 Å². The largest absolute Gasteiger partial charge is 0.493 e. The fourth-order valence-electron chi connectivity index (χ4n) is 1.83. The molecule has 1 aromatic carbocycles. The number of carboxylic acid groups (broad SMARTS) is 1. The molecule has 5 heteroatoms. The summed E-state index contributed by atoms with van der Waals surface area (Å²) < 4.78 is 11.1. The Morgan fingerprint density at radius 1 is 1.50 bits per heavy atom. The van der Waals surface area contributed by atoms with Gasteiger partial charge in [-0.25, -0.2) is 0 Å². The molecule has 20 heavy (non-hydrogen) atoms. The number of nitrogens with two attached hydrogens (primary N) is 1. The van der Waals surface area contributed by atoms with E-state index in [4.69, 9.17) is 20.3 Å². The topological polar surface area (TPSA) is 81.8 Å². The summed E-state index contributed by atoms with van der Waals surface area (Å²) >= 11 is 0. The van der Waals surface area contributed by atoms with Crippen molar-refractivity contribution in [2.75, 3.05) is 7.11 Å². The molecular formula is C15H21NO4. The second-order valence-electron chi connectivity index (χ2n) is 4.69. The maximum absolute atomic E-state index is 11.0. The van der Waals surface area contributed by atoms with Crippen molar-refractivity contribution < 1.29 is 19.4 Å². The van der Waals surface area contributed by atoms with Crippen molar-refractivity contribution in [1.29, 1.82) is 0 Å². The second-order valence-corrected chi connectivity index (χ2v) is 4.69. The number of ether oxygens (including phenoxy) is 2. The third-order valence-electron chi connectivity index (χ3n) is 2.72. The minimum absolute atomic E-state index is 0.0218. The predicted octanol–water partition coefficient (Wildman–Crippen LogP) is 2.30. The molecule has 0 amide bonds. The van der Waals surface area contributed by atoms with Crippen LogP contribution < -0.4 is 15.2 Å². The molecule has 0 aromatic heterocycles. The number of benzene rings is 1. The van der Waals surface area contributed by atoms with E-state index < -0.39 is 12.0 Å². The summed E-state index contributed by atoms with van der Waals surface area (Å²) in [5, 5.41) is 9.02. The number of aliphatic carboxylic acids is 1. The minimum atomic E-state index is -1.10. The molecule has 0 heterocycles. The lowest BCUT2D eigenvalue weighted by Gasteiger charge is -2.19. The summed E-state index contributed by atoms with van der Waals surface area (Å²) in [5.41, 5.74) is 6.94. The van der Waals surface area contributed by atoms with Gasteiger partial charge in [-0.1, -0.05) is 6.08 Å². The number of hydrogen-bond donors (Lipinski definition) is 2. The van der Waals surface area contributed by atoms with E-state index >= 15 is 0 Å². The van der Waals surface area contributed by atoms with E-state index in [1.54, 1.807) is 18.2 Å². The van der Waals surface area contributed by atoms with Crippen molar-refractivity contribution in [2.45, 2.75) is 32.4 Å². The van der Waals surface area contributed by atoms with Crippen LogP contribution in [-0.4, -0.2) is 24.3 Å². The summed E-state index contributed by atoms with van der Waals surface area (Å²) in [5.74, 6) is -0.0115. The van der Waals surface area contributed by atoms with Crippen LogP contribution in [0.1, 0.15) is 31.0 Å². The van der Waals surface area contributed by atoms with E-state index in [9.17, 15) is 4.79 Å². The average molecular weight is 279 g/mol. The fourth-order valence-corrected chi connectivity index (χ4v) is 1.83. The monoisotopic (exact) mass is 279 g/mol. The van der Waals surface area contributed by atoms with Crippen molar-refractivity contribution in [2.24, 2.45) is 5.73 Å². The van der Waals surface area contributed by atoms with Crippen LogP contribution in [0.4, 0.5) is 0 Å². The van der Waals surface area contributed by atoms with Crippen LogP contribution in [0.3, 0.4) is 0 Å². The molecule has 0 unspecified atom stereocenters. The van der Waals surface area contributed by atoms with E-state index in [1.165, 1.54) is 7.11 Å². The predicted molar refractivity (Wildman–Crippen MR) is 77.2 cm³/mol. The first-order valence-electron chi connectivity index (χ1n) is 6.37. The number of carbonyl (C=O) groups is 1. The van der Waals surface area contributed by atoms with E-state index in [0.29, 0.717) is 23.5 Å². The third kappa shape index (κ3) is 3.74. The van der Waals surface area contributed by atoms with E-state index in [2.05, 4.69) is 6.58 Å². The highest BCUT2D eigenvalue weighted by atomic mass is 16.5. The number of allylic oxidation sites excluding steroid dienone is 1. The van der Waals surface area contributed by atoms with Gasteiger partial charge in [0.1, 0.15) is 6.04 Å². The van der Waals surface area contributed by atoms with Gasteiger partial charge < -0.3 is 20.3 Å². The van der Waals surface area contributed by atoms with Crippen molar-refractivity contribution in [3.63, 3.8) is 0 Å². The normalized spacial score (nSPS) is 12.1. The van der Waals surface area contributed by atoms with Gasteiger partial charge in [-0.15, -0.1) is 6.58 Å². The average Bonchev–Trinajstić information content (AvgIpc) is 2.39. The summed E-state index contributed by atoms with van der Waals surface area (Å²) in [6.07, 6.45) is 2.24. The first-order chi connectivity index (χ1) is 9.40. The van der Waals surface area contributed by atoms with Gasteiger partial charge in [0, 0.05) is 5.56 Å². The van der Waals surface area contributed by atoms with Crippen molar-refractivity contribution in [1.82, 2.24) is 0 Å². The van der Waals surface area contributed by atoms with Gasteiger partial charge in [0.05, 0.1) is 13.2 Å². The molecule has 0 saturated carbocycles. The molecule has 0 bridgehead atoms. The lowest BCUT2D eigenvalue weighted by atomic mass is 10.0. The zero-order valence-electron chi connectivity index (χ0n) is 12.1. The molecule has 1 aromatic rings. The third-order valence-corrected chi connectivity index (χ3v) is 2.72. The Labute approximate surface area is 119 Å². The lowest BCUT2D eigenvalue weighted by molar-refractivity contribution is -0.138. The smallest absolute Gasteiger partial charge is 0.325 e. The van der Waals surface area contributed by atoms with Crippen LogP contribution in [0.5, 0.6) is 11.5 Å². The quantitative estimate of drug-likeness (QED) is 0.748. The lowest BCUT2D eigenvalue weighted by Crippen LogP contribution is -2.21. The van der Waals surface area contributed by atoms with Gasteiger partial charge in [0.15, 0.2) is 11.5 Å². The molecular weight excluding hydrogens is 258 g/mol. The maximum Gasteiger partial charge on any atom is 0.325 e. The maximum atomic E-state index is 11.0. The standard InChI is InChI=1S/C15H21NO4/c1-5-6-10-7-11(13(16)15(17)18)8-12(19-4)14(10)20-9(2)3/h5,7-9,13H,1,6,16H2,2-4H3,(H,17,18)/t13-/m0/s1. The van der Waals surface area contributed by atoms with Gasteiger partial charge in [-0.05, 0) is 38.0 Å². The fraction of sp³-hybridized carbons (Fsp3) is 0.400. The second kappa shape index (κ2) is 6.96. The van der Waals surface area contributed by atoms with Gasteiger partial charge in [-0.2, -0.15) is 0 Å². The number of rotatable bonds is 7. The molecule has 0 radical (unpaired) electrons. The summed E-state index contributed by atoms with van der Waals surface area (Å²) in [4.78, 5) is 11.0. The van der Waals surface area contributed by atoms with Crippen molar-refractivity contribution in [3.05, 3.63) is 35.9 Å². The summed E-state index contributed by atoms with van der Waals surface area (Å²) in [6, 6.07) is 2.23.